The molecule has 0 rings (SSSR count). The van der Waals surface area contributed by atoms with Crippen LogP contribution in [0.1, 0.15) is 26.2 Å². The van der Waals surface area contributed by atoms with E-state index >= 15 is 0 Å². The molecule has 0 aliphatic heterocycles. The molecule has 0 aliphatic carbocycles. The van der Waals surface area contributed by atoms with Crippen LogP contribution in [0.3, 0.4) is 0 Å². The third-order valence-corrected chi connectivity index (χ3v) is 3.58. The van der Waals surface area contributed by atoms with E-state index in [-0.39, 0.29) is 0 Å². The minimum atomic E-state index is 0.599. The summed E-state index contributed by atoms with van der Waals surface area (Å²) >= 11 is 23.6. The Bertz CT molecular complexity index is 167. The molecule has 0 heterocycles. The van der Waals surface area contributed by atoms with E-state index in [1.165, 1.54) is 6.17 Å². The van der Waals surface area contributed by atoms with Crippen LogP contribution in [0.25, 0.3) is 0 Å². The molecule has 0 fully saturated rings. The molecule has 6 heteroatoms. The second-order valence-electron chi connectivity index (χ2n) is 4.25. The first-order valence-electron chi connectivity index (χ1n) is 6.84. The molecule has 2 nitrogen and oxygen atoms in total. The van der Waals surface area contributed by atoms with Crippen LogP contribution in [0, 0.1) is 6.17 Å². The Morgan fingerprint density at radius 3 is 1.37 bits per heavy atom. The molecule has 1 radical (unpaired) electrons. The molecule has 19 heavy (non-hydrogen) atoms. The van der Waals surface area contributed by atoms with Crippen molar-refractivity contribution in [1.82, 2.24) is 9.80 Å². The molecule has 0 aromatic carbocycles. The smallest absolute Gasteiger partial charge is 0.107 e. The zero-order valence-corrected chi connectivity index (χ0v) is 14.7. The second-order valence-corrected chi connectivity index (χ2v) is 5.76. The van der Waals surface area contributed by atoms with Gasteiger partial charge in [-0.2, -0.15) is 0 Å². The molecule has 0 unspecified atom stereocenters. The fourth-order valence-corrected chi connectivity index (χ4v) is 2.82. The van der Waals surface area contributed by atoms with Crippen molar-refractivity contribution in [2.75, 3.05) is 49.7 Å². The van der Waals surface area contributed by atoms with Crippen molar-refractivity contribution in [3.8, 4) is 0 Å². The predicted octanol–water partition coefficient (Wildman–Crippen LogP) is 4.23. The maximum atomic E-state index is 5.90. The highest BCUT2D eigenvalue weighted by Gasteiger charge is 2.24. The molecule has 0 amide bonds. The highest BCUT2D eigenvalue weighted by molar-refractivity contribution is 6.18. The zero-order valence-electron chi connectivity index (χ0n) is 11.7. The molecule has 0 aliphatic rings. The highest BCUT2D eigenvalue weighted by atomic mass is 35.5. The number of nitrogens with zero attached hydrogens (tertiary/aromatic N) is 2. The molecular weight excluding hydrogens is 326 g/mol. The van der Waals surface area contributed by atoms with E-state index in [9.17, 15) is 0 Å². The summed E-state index contributed by atoms with van der Waals surface area (Å²) in [5.41, 5.74) is 0. The summed E-state index contributed by atoms with van der Waals surface area (Å²) in [6.07, 6.45) is 4.62. The first kappa shape index (κ1) is 20.1. The predicted molar refractivity (Wildman–Crippen MR) is 88.8 cm³/mol. The summed E-state index contributed by atoms with van der Waals surface area (Å²) in [7, 11) is 0. The van der Waals surface area contributed by atoms with Gasteiger partial charge in [-0.3, -0.25) is 9.80 Å². The Hall–Kier alpha value is 1.08. The van der Waals surface area contributed by atoms with Crippen molar-refractivity contribution in [1.29, 1.82) is 0 Å². The van der Waals surface area contributed by atoms with E-state index in [1.807, 2.05) is 0 Å². The fourth-order valence-electron chi connectivity index (χ4n) is 2.00. The van der Waals surface area contributed by atoms with Gasteiger partial charge in [0.05, 0.1) is 0 Å². The van der Waals surface area contributed by atoms with Crippen molar-refractivity contribution < 1.29 is 0 Å². The highest BCUT2D eigenvalue weighted by Crippen LogP contribution is 2.22. The van der Waals surface area contributed by atoms with Crippen LogP contribution in [0.2, 0.25) is 0 Å². The summed E-state index contributed by atoms with van der Waals surface area (Å²) in [5, 5.41) is 0. The van der Waals surface area contributed by atoms with Gasteiger partial charge in [-0.1, -0.05) is 19.8 Å². The lowest BCUT2D eigenvalue weighted by Gasteiger charge is -2.38. The van der Waals surface area contributed by atoms with E-state index in [2.05, 4.69) is 16.7 Å². The summed E-state index contributed by atoms with van der Waals surface area (Å²) in [4.78, 5) is 4.55. The van der Waals surface area contributed by atoms with Crippen LogP contribution in [0.15, 0.2) is 0 Å². The Morgan fingerprint density at radius 1 is 0.737 bits per heavy atom. The van der Waals surface area contributed by atoms with Gasteiger partial charge in [-0.25, -0.2) is 0 Å². The number of alkyl halides is 4. The third-order valence-electron chi connectivity index (χ3n) is 2.90. The summed E-state index contributed by atoms with van der Waals surface area (Å²) in [6.45, 7) is 5.45. The van der Waals surface area contributed by atoms with E-state index in [0.717, 1.165) is 45.4 Å². The van der Waals surface area contributed by atoms with Gasteiger partial charge in [0.15, 0.2) is 0 Å². The van der Waals surface area contributed by atoms with E-state index in [0.29, 0.717) is 23.5 Å². The van der Waals surface area contributed by atoms with Gasteiger partial charge >= 0.3 is 0 Å². The lowest BCUT2D eigenvalue weighted by molar-refractivity contribution is 0.145. The van der Waals surface area contributed by atoms with E-state index in [4.69, 9.17) is 46.4 Å². The lowest BCUT2D eigenvalue weighted by atomic mass is 10.1. The molecule has 0 aromatic rings. The summed E-state index contributed by atoms with van der Waals surface area (Å²) in [5.74, 6) is 2.40. The third kappa shape index (κ3) is 8.85. The van der Waals surface area contributed by atoms with Gasteiger partial charge in [0.2, 0.25) is 0 Å². The zero-order chi connectivity index (χ0) is 14.5. The maximum absolute atomic E-state index is 5.90. The minimum Gasteiger partial charge on any atom is -0.280 e. The molecule has 0 saturated carbocycles. The molecule has 0 saturated heterocycles. The Labute approximate surface area is 138 Å². The van der Waals surface area contributed by atoms with Gasteiger partial charge in [0.1, 0.15) is 6.17 Å². The molecule has 115 valence electrons. The molecule has 0 N–H and O–H groups in total. The number of unbranched alkanes of at least 4 members (excludes halogenated alkanes) is 1. The summed E-state index contributed by atoms with van der Waals surface area (Å²) < 4.78 is 0. The van der Waals surface area contributed by atoms with E-state index < -0.39 is 0 Å². The van der Waals surface area contributed by atoms with Crippen molar-refractivity contribution in [2.24, 2.45) is 0 Å². The van der Waals surface area contributed by atoms with Crippen LogP contribution in [-0.4, -0.2) is 59.5 Å². The Kier molecular flexibility index (Phi) is 14.8. The van der Waals surface area contributed by atoms with E-state index in [1.54, 1.807) is 0 Å². The van der Waals surface area contributed by atoms with Gasteiger partial charge in [0, 0.05) is 49.7 Å². The molecule has 0 aromatic heterocycles. The van der Waals surface area contributed by atoms with Crippen LogP contribution in [0.4, 0.5) is 0 Å². The first-order chi connectivity index (χ1) is 9.24. The Balaban J connectivity index is 4.76. The SMILES string of the molecule is CCCC[C](N(CCCl)CCCl)N(CCCl)CCCl. The minimum absolute atomic E-state index is 0.599. The van der Waals surface area contributed by atoms with Crippen molar-refractivity contribution in [2.45, 2.75) is 26.2 Å². The molecular formula is C13H25Cl4N2. The van der Waals surface area contributed by atoms with Crippen LogP contribution >= 0.6 is 46.4 Å². The molecule has 0 atom stereocenters. The van der Waals surface area contributed by atoms with Crippen LogP contribution < -0.4 is 0 Å². The molecule has 0 bridgehead atoms. The van der Waals surface area contributed by atoms with Gasteiger partial charge in [-0.05, 0) is 6.42 Å². The summed E-state index contributed by atoms with van der Waals surface area (Å²) in [6, 6.07) is 0. The van der Waals surface area contributed by atoms with Crippen molar-refractivity contribution in [3.63, 3.8) is 0 Å². The Morgan fingerprint density at radius 2 is 1.11 bits per heavy atom. The van der Waals surface area contributed by atoms with Crippen LogP contribution in [0.5, 0.6) is 0 Å². The van der Waals surface area contributed by atoms with Gasteiger partial charge in [0.25, 0.3) is 0 Å². The normalized spacial score (nSPS) is 12.0. The average molecular weight is 351 g/mol. The largest absolute Gasteiger partial charge is 0.280 e. The lowest BCUT2D eigenvalue weighted by Crippen LogP contribution is -2.45. The van der Waals surface area contributed by atoms with Crippen LogP contribution in [-0.2, 0) is 0 Å². The average Bonchev–Trinajstić information content (AvgIpc) is 2.40. The number of halogens is 4. The second kappa shape index (κ2) is 14.0. The molecule has 0 spiro atoms. The van der Waals surface area contributed by atoms with Gasteiger partial charge < -0.3 is 0 Å². The maximum Gasteiger partial charge on any atom is 0.107 e. The number of hydrogen-bond donors (Lipinski definition) is 0. The number of rotatable bonds is 13. The van der Waals surface area contributed by atoms with Gasteiger partial charge in [-0.15, -0.1) is 46.4 Å². The first-order valence-corrected chi connectivity index (χ1v) is 8.98. The topological polar surface area (TPSA) is 6.48 Å². The van der Waals surface area contributed by atoms with Crippen molar-refractivity contribution in [3.05, 3.63) is 6.17 Å². The fraction of sp³-hybridized carbons (Fsp3) is 0.923. The standard InChI is InChI=1S/C13H25Cl4N2/c1-2-3-4-13(18(9-5-14)10-6-15)19(11-7-16)12-8-17/h2-12H2,1H3. The quantitative estimate of drug-likeness (QED) is 0.459. The number of hydrogen-bond acceptors (Lipinski definition) is 2. The van der Waals surface area contributed by atoms with Crippen molar-refractivity contribution >= 4 is 46.4 Å². The monoisotopic (exact) mass is 349 g/mol.